The summed E-state index contributed by atoms with van der Waals surface area (Å²) in [5.74, 6) is -0.984. The molecule has 0 atom stereocenters. The van der Waals surface area contributed by atoms with Gasteiger partial charge in [-0.2, -0.15) is 0 Å². The number of carbonyl (C=O) groups excluding carboxylic acids is 2. The number of rotatable bonds is 5. The van der Waals surface area contributed by atoms with E-state index >= 15 is 0 Å². The Morgan fingerprint density at radius 3 is 2.21 bits per heavy atom. The van der Waals surface area contributed by atoms with E-state index in [-0.39, 0.29) is 16.4 Å². The summed E-state index contributed by atoms with van der Waals surface area (Å²) >= 11 is 5.94. The Kier molecular flexibility index (Phi) is 6.02. The third-order valence-corrected chi connectivity index (χ3v) is 4.37. The van der Waals surface area contributed by atoms with Crippen LogP contribution in [0.3, 0.4) is 0 Å². The molecule has 0 saturated heterocycles. The van der Waals surface area contributed by atoms with Crippen molar-refractivity contribution < 1.29 is 18.7 Å². The van der Waals surface area contributed by atoms with Crippen molar-refractivity contribution in [3.8, 4) is 5.75 Å². The fraction of sp³-hybridized carbons (Fsp3) is 0.0435. The monoisotopic (exact) mass is 394 g/mol. The summed E-state index contributed by atoms with van der Waals surface area (Å²) in [6.07, 6.45) is 2.59. The van der Waals surface area contributed by atoms with Crippen LogP contribution < -0.4 is 4.74 Å². The Morgan fingerprint density at radius 1 is 0.929 bits per heavy atom. The van der Waals surface area contributed by atoms with Gasteiger partial charge in [-0.3, -0.25) is 4.79 Å². The third kappa shape index (κ3) is 4.72. The number of hydrogen-bond acceptors (Lipinski definition) is 3. The Hall–Kier alpha value is -3.24. The predicted octanol–water partition coefficient (Wildman–Crippen LogP) is 5.90. The molecule has 0 unspecified atom stereocenters. The summed E-state index contributed by atoms with van der Waals surface area (Å²) in [5.41, 5.74) is 2.01. The quantitative estimate of drug-likeness (QED) is 0.234. The maximum Gasteiger partial charge on any atom is 0.343 e. The van der Waals surface area contributed by atoms with Crippen LogP contribution in [0.15, 0.2) is 72.8 Å². The van der Waals surface area contributed by atoms with Crippen molar-refractivity contribution in [2.75, 3.05) is 0 Å². The molecule has 0 N–H and O–H groups in total. The molecule has 0 aliphatic heterocycles. The summed E-state index contributed by atoms with van der Waals surface area (Å²) in [4.78, 5) is 24.4. The van der Waals surface area contributed by atoms with Crippen molar-refractivity contribution in [1.82, 2.24) is 0 Å². The zero-order chi connectivity index (χ0) is 20.1. The molecule has 0 fully saturated rings. The Labute approximate surface area is 167 Å². The minimum Gasteiger partial charge on any atom is -0.423 e. The van der Waals surface area contributed by atoms with E-state index in [2.05, 4.69) is 0 Å². The molecule has 3 nitrogen and oxygen atoms in total. The first-order valence-corrected chi connectivity index (χ1v) is 8.87. The molecule has 0 amide bonds. The van der Waals surface area contributed by atoms with E-state index in [1.165, 1.54) is 48.6 Å². The van der Waals surface area contributed by atoms with Gasteiger partial charge in [0.05, 0.1) is 10.6 Å². The van der Waals surface area contributed by atoms with Gasteiger partial charge >= 0.3 is 5.97 Å². The molecule has 3 aromatic carbocycles. The van der Waals surface area contributed by atoms with Crippen molar-refractivity contribution in [2.45, 2.75) is 6.92 Å². The maximum absolute atomic E-state index is 13.7. The molecule has 3 aromatic rings. The Morgan fingerprint density at radius 2 is 1.57 bits per heavy atom. The molecular formula is C23H16ClFO3. The Balaban J connectivity index is 1.68. The van der Waals surface area contributed by atoms with Crippen LogP contribution in [0.4, 0.5) is 4.39 Å². The normalized spacial score (nSPS) is 10.8. The zero-order valence-electron chi connectivity index (χ0n) is 15.0. The molecule has 140 valence electrons. The second-order valence-electron chi connectivity index (χ2n) is 6.11. The molecule has 0 bridgehead atoms. The first-order chi connectivity index (χ1) is 13.4. The average molecular weight is 395 g/mol. The van der Waals surface area contributed by atoms with Gasteiger partial charge in [0.15, 0.2) is 5.78 Å². The highest BCUT2D eigenvalue weighted by atomic mass is 35.5. The summed E-state index contributed by atoms with van der Waals surface area (Å²) in [6.45, 7) is 1.93. The molecule has 0 aliphatic carbocycles. The second kappa shape index (κ2) is 8.63. The molecule has 0 heterocycles. The minimum atomic E-state index is -0.505. The van der Waals surface area contributed by atoms with Crippen molar-refractivity contribution in [3.05, 3.63) is 106 Å². The molecular weight excluding hydrogens is 379 g/mol. The van der Waals surface area contributed by atoms with Crippen LogP contribution >= 0.6 is 11.6 Å². The van der Waals surface area contributed by atoms with Crippen LogP contribution in [0.2, 0.25) is 5.02 Å². The number of allylic oxidation sites excluding steroid dienone is 1. The fourth-order valence-corrected chi connectivity index (χ4v) is 2.69. The summed E-state index contributed by atoms with van der Waals surface area (Å²) < 4.78 is 19.0. The van der Waals surface area contributed by atoms with Gasteiger partial charge < -0.3 is 4.74 Å². The first-order valence-electron chi connectivity index (χ1n) is 8.49. The van der Waals surface area contributed by atoms with Crippen LogP contribution in [0.25, 0.3) is 6.08 Å². The van der Waals surface area contributed by atoms with E-state index in [0.717, 1.165) is 5.56 Å². The Bertz CT molecular complexity index is 1020. The molecule has 0 aromatic heterocycles. The van der Waals surface area contributed by atoms with Crippen LogP contribution in [0.5, 0.6) is 5.75 Å². The van der Waals surface area contributed by atoms with Gasteiger partial charge in [-0.05, 0) is 67.6 Å². The molecule has 0 spiro atoms. The number of ketones is 1. The molecule has 28 heavy (non-hydrogen) atoms. The largest absolute Gasteiger partial charge is 0.423 e. The second-order valence-corrected chi connectivity index (χ2v) is 6.52. The van der Waals surface area contributed by atoms with Crippen LogP contribution in [0, 0.1) is 12.7 Å². The smallest absolute Gasteiger partial charge is 0.343 e. The van der Waals surface area contributed by atoms with Crippen LogP contribution in [-0.4, -0.2) is 11.8 Å². The zero-order valence-corrected chi connectivity index (χ0v) is 15.7. The van der Waals surface area contributed by atoms with Crippen LogP contribution in [-0.2, 0) is 0 Å². The van der Waals surface area contributed by atoms with E-state index < -0.39 is 11.8 Å². The summed E-state index contributed by atoms with van der Waals surface area (Å²) in [6, 6.07) is 17.5. The van der Waals surface area contributed by atoms with Gasteiger partial charge in [0.2, 0.25) is 0 Å². The lowest BCUT2D eigenvalue weighted by Crippen LogP contribution is -2.08. The number of carbonyl (C=O) groups is 2. The highest BCUT2D eigenvalue weighted by Gasteiger charge is 2.10. The molecule has 0 aliphatic rings. The molecule has 0 saturated carbocycles. The number of esters is 1. The number of halogens is 2. The molecule has 3 rings (SSSR count). The van der Waals surface area contributed by atoms with Crippen molar-refractivity contribution in [1.29, 1.82) is 0 Å². The highest BCUT2D eigenvalue weighted by molar-refractivity contribution is 6.32. The third-order valence-electron chi connectivity index (χ3n) is 4.04. The van der Waals surface area contributed by atoms with E-state index in [0.29, 0.717) is 16.9 Å². The van der Waals surface area contributed by atoms with Gasteiger partial charge in [-0.25, -0.2) is 9.18 Å². The number of aryl methyl sites for hydroxylation is 1. The van der Waals surface area contributed by atoms with E-state index in [1.807, 2.05) is 19.1 Å². The van der Waals surface area contributed by atoms with Gasteiger partial charge in [-0.15, -0.1) is 0 Å². The minimum absolute atomic E-state index is 0.154. The van der Waals surface area contributed by atoms with Crippen LogP contribution in [0.1, 0.15) is 31.8 Å². The van der Waals surface area contributed by atoms with Gasteiger partial charge in [0.25, 0.3) is 0 Å². The van der Waals surface area contributed by atoms with E-state index in [9.17, 15) is 14.0 Å². The average Bonchev–Trinajstić information content (AvgIpc) is 2.68. The number of ether oxygens (including phenoxy) is 1. The maximum atomic E-state index is 13.7. The standard InChI is InChI=1S/C23H16ClFO3/c1-15-5-7-17(8-6-15)23(27)28-18-11-9-16(10-12-18)22(26)14-13-19-20(24)3-2-4-21(19)25/h2-14H,1H3/b14-13+. The lowest BCUT2D eigenvalue weighted by molar-refractivity contribution is 0.0734. The number of benzene rings is 3. The van der Waals surface area contributed by atoms with Crippen molar-refractivity contribution >= 4 is 29.4 Å². The lowest BCUT2D eigenvalue weighted by Gasteiger charge is -2.05. The summed E-state index contributed by atoms with van der Waals surface area (Å²) in [5, 5.41) is 0.224. The number of hydrogen-bond donors (Lipinski definition) is 0. The lowest BCUT2D eigenvalue weighted by atomic mass is 10.1. The molecule has 0 radical (unpaired) electrons. The van der Waals surface area contributed by atoms with E-state index in [1.54, 1.807) is 18.2 Å². The fourth-order valence-electron chi connectivity index (χ4n) is 2.47. The topological polar surface area (TPSA) is 43.4 Å². The summed E-state index contributed by atoms with van der Waals surface area (Å²) in [7, 11) is 0. The van der Waals surface area contributed by atoms with Gasteiger partial charge in [-0.1, -0.05) is 35.4 Å². The SMILES string of the molecule is Cc1ccc(C(=O)Oc2ccc(C(=O)/C=C/c3c(F)cccc3Cl)cc2)cc1. The van der Waals surface area contributed by atoms with Crippen molar-refractivity contribution in [3.63, 3.8) is 0 Å². The molecule has 5 heteroatoms. The van der Waals surface area contributed by atoms with E-state index in [4.69, 9.17) is 16.3 Å². The van der Waals surface area contributed by atoms with Crippen molar-refractivity contribution in [2.24, 2.45) is 0 Å². The van der Waals surface area contributed by atoms with Gasteiger partial charge in [0, 0.05) is 11.1 Å². The van der Waals surface area contributed by atoms with Gasteiger partial charge in [0.1, 0.15) is 11.6 Å². The first kappa shape index (κ1) is 19.5. The predicted molar refractivity (Wildman–Crippen MR) is 107 cm³/mol. The highest BCUT2D eigenvalue weighted by Crippen LogP contribution is 2.21.